The van der Waals surface area contributed by atoms with Crippen molar-refractivity contribution in [3.63, 3.8) is 0 Å². The summed E-state index contributed by atoms with van der Waals surface area (Å²) in [4.78, 5) is 23.3. The minimum atomic E-state index is -1.10. The van der Waals surface area contributed by atoms with Crippen LogP contribution in [0.3, 0.4) is 0 Å². The number of carbonyl (C=O) groups excluding carboxylic acids is 1. The first-order valence-electron chi connectivity index (χ1n) is 7.15. The summed E-state index contributed by atoms with van der Waals surface area (Å²) < 4.78 is 14.6. The van der Waals surface area contributed by atoms with E-state index < -0.39 is 17.9 Å². The molecule has 1 amide bonds. The van der Waals surface area contributed by atoms with E-state index in [0.29, 0.717) is 11.3 Å². The Morgan fingerprint density at radius 2 is 2.00 bits per heavy atom. The topological polar surface area (TPSA) is 84.2 Å². The quantitative estimate of drug-likeness (QED) is 0.884. The third-order valence-corrected chi connectivity index (χ3v) is 3.45. The second-order valence-electron chi connectivity index (χ2n) is 5.61. The van der Waals surface area contributed by atoms with Crippen LogP contribution in [-0.4, -0.2) is 32.8 Å². The maximum Gasteiger partial charge on any atom is 0.326 e. The van der Waals surface area contributed by atoms with Gasteiger partial charge in [0.2, 0.25) is 0 Å². The molecule has 1 heterocycles. The normalized spacial score (nSPS) is 12.2. The van der Waals surface area contributed by atoms with Crippen LogP contribution in [-0.2, 0) is 4.79 Å². The Morgan fingerprint density at radius 1 is 1.30 bits per heavy atom. The summed E-state index contributed by atoms with van der Waals surface area (Å²) in [6.45, 7) is 5.15. The van der Waals surface area contributed by atoms with Gasteiger partial charge in [-0.25, -0.2) is 13.9 Å². The predicted molar refractivity (Wildman–Crippen MR) is 82.0 cm³/mol. The van der Waals surface area contributed by atoms with Crippen LogP contribution in [0.15, 0.2) is 30.5 Å². The molecule has 2 rings (SSSR count). The van der Waals surface area contributed by atoms with Crippen LogP contribution in [0, 0.1) is 18.7 Å². The third-order valence-electron chi connectivity index (χ3n) is 3.45. The summed E-state index contributed by atoms with van der Waals surface area (Å²) in [5, 5.41) is 15.7. The molecule has 0 bridgehead atoms. The molecule has 2 aromatic rings. The van der Waals surface area contributed by atoms with Gasteiger partial charge in [0.1, 0.15) is 11.9 Å². The van der Waals surface area contributed by atoms with Gasteiger partial charge in [0, 0.05) is 6.20 Å². The molecule has 0 spiro atoms. The van der Waals surface area contributed by atoms with E-state index in [1.807, 2.05) is 0 Å². The Morgan fingerprint density at radius 3 is 2.57 bits per heavy atom. The molecular weight excluding hydrogens is 301 g/mol. The number of aliphatic carboxylic acids is 1. The Kier molecular flexibility index (Phi) is 4.78. The monoisotopic (exact) mass is 319 g/mol. The lowest BCUT2D eigenvalue weighted by atomic mass is 10.0. The molecule has 2 N–H and O–H groups in total. The molecule has 0 aliphatic heterocycles. The molecule has 1 atom stereocenters. The minimum Gasteiger partial charge on any atom is -0.480 e. The molecule has 0 aliphatic carbocycles. The zero-order chi connectivity index (χ0) is 17.1. The summed E-state index contributed by atoms with van der Waals surface area (Å²) >= 11 is 0. The number of hydrogen-bond donors (Lipinski definition) is 2. The van der Waals surface area contributed by atoms with Crippen LogP contribution in [0.1, 0.15) is 29.9 Å². The first-order chi connectivity index (χ1) is 10.8. The molecule has 0 saturated heterocycles. The second-order valence-corrected chi connectivity index (χ2v) is 5.61. The molecule has 0 saturated carbocycles. The summed E-state index contributed by atoms with van der Waals surface area (Å²) in [5.41, 5.74) is 1.41. The van der Waals surface area contributed by atoms with E-state index in [4.69, 9.17) is 5.11 Å². The largest absolute Gasteiger partial charge is 0.480 e. The van der Waals surface area contributed by atoms with Crippen LogP contribution in [0.5, 0.6) is 0 Å². The molecule has 7 heteroatoms. The van der Waals surface area contributed by atoms with Crippen molar-refractivity contribution in [1.29, 1.82) is 0 Å². The molecule has 122 valence electrons. The Hall–Kier alpha value is -2.70. The number of aryl methyl sites for hydroxylation is 1. The summed E-state index contributed by atoms with van der Waals surface area (Å²) in [5.74, 6) is -2.26. The van der Waals surface area contributed by atoms with Crippen molar-refractivity contribution >= 4 is 11.9 Å². The fraction of sp³-hybridized carbons (Fsp3) is 0.312. The van der Waals surface area contributed by atoms with E-state index in [0.717, 1.165) is 0 Å². The molecule has 1 aromatic heterocycles. The smallest absolute Gasteiger partial charge is 0.326 e. The number of benzene rings is 1. The second kappa shape index (κ2) is 6.60. The van der Waals surface area contributed by atoms with E-state index in [9.17, 15) is 14.0 Å². The van der Waals surface area contributed by atoms with Crippen LogP contribution in [0.2, 0.25) is 0 Å². The summed E-state index contributed by atoms with van der Waals surface area (Å²) in [7, 11) is 0. The SMILES string of the molecule is Cc1cc(F)ccc1-n1ccc(C(=O)N[C@@H](C(=O)O)C(C)C)n1. The molecule has 0 aliphatic rings. The summed E-state index contributed by atoms with van der Waals surface area (Å²) in [6.07, 6.45) is 1.57. The van der Waals surface area contributed by atoms with Gasteiger partial charge >= 0.3 is 5.97 Å². The number of aromatic nitrogens is 2. The molecule has 0 fully saturated rings. The maximum absolute atomic E-state index is 13.1. The average Bonchev–Trinajstić information content (AvgIpc) is 2.93. The number of nitrogens with zero attached hydrogens (tertiary/aromatic N) is 2. The molecule has 1 aromatic carbocycles. The van der Waals surface area contributed by atoms with Gasteiger partial charge in [-0.1, -0.05) is 13.8 Å². The minimum absolute atomic E-state index is 0.0978. The zero-order valence-electron chi connectivity index (χ0n) is 13.1. The van der Waals surface area contributed by atoms with E-state index in [2.05, 4.69) is 10.4 Å². The van der Waals surface area contributed by atoms with E-state index in [1.54, 1.807) is 33.0 Å². The number of carboxylic acids is 1. The van der Waals surface area contributed by atoms with Gasteiger partial charge in [-0.3, -0.25) is 4.79 Å². The number of rotatable bonds is 5. The van der Waals surface area contributed by atoms with Crippen molar-refractivity contribution < 1.29 is 19.1 Å². The molecule has 6 nitrogen and oxygen atoms in total. The van der Waals surface area contributed by atoms with Gasteiger partial charge in [-0.2, -0.15) is 5.10 Å². The Bertz CT molecular complexity index is 740. The van der Waals surface area contributed by atoms with Crippen LogP contribution in [0.25, 0.3) is 5.69 Å². The first-order valence-corrected chi connectivity index (χ1v) is 7.15. The number of carbonyl (C=O) groups is 2. The lowest BCUT2D eigenvalue weighted by Gasteiger charge is -2.17. The average molecular weight is 319 g/mol. The van der Waals surface area contributed by atoms with Gasteiger partial charge in [-0.05, 0) is 42.7 Å². The highest BCUT2D eigenvalue weighted by atomic mass is 19.1. The van der Waals surface area contributed by atoms with Gasteiger partial charge in [-0.15, -0.1) is 0 Å². The van der Waals surface area contributed by atoms with Crippen molar-refractivity contribution in [1.82, 2.24) is 15.1 Å². The highest BCUT2D eigenvalue weighted by Gasteiger charge is 2.24. The number of hydrogen-bond acceptors (Lipinski definition) is 3. The van der Waals surface area contributed by atoms with Gasteiger partial charge < -0.3 is 10.4 Å². The van der Waals surface area contributed by atoms with E-state index >= 15 is 0 Å². The fourth-order valence-electron chi connectivity index (χ4n) is 2.18. The summed E-state index contributed by atoms with van der Waals surface area (Å²) in [6, 6.07) is 4.74. The van der Waals surface area contributed by atoms with Crippen molar-refractivity contribution in [2.24, 2.45) is 5.92 Å². The van der Waals surface area contributed by atoms with Crippen molar-refractivity contribution in [3.8, 4) is 5.69 Å². The van der Waals surface area contributed by atoms with E-state index in [-0.39, 0.29) is 17.4 Å². The van der Waals surface area contributed by atoms with Gasteiger partial charge in [0.15, 0.2) is 5.69 Å². The number of nitrogens with one attached hydrogen (secondary N) is 1. The van der Waals surface area contributed by atoms with Crippen molar-refractivity contribution in [2.45, 2.75) is 26.8 Å². The first kappa shape index (κ1) is 16.7. The van der Waals surface area contributed by atoms with E-state index in [1.165, 1.54) is 22.9 Å². The molecule has 0 unspecified atom stereocenters. The molecular formula is C16H18FN3O3. The third kappa shape index (κ3) is 3.74. The maximum atomic E-state index is 13.1. The fourth-order valence-corrected chi connectivity index (χ4v) is 2.18. The zero-order valence-corrected chi connectivity index (χ0v) is 13.1. The van der Waals surface area contributed by atoms with Gasteiger partial charge in [0.25, 0.3) is 5.91 Å². The van der Waals surface area contributed by atoms with Crippen LogP contribution >= 0.6 is 0 Å². The molecule has 23 heavy (non-hydrogen) atoms. The highest BCUT2D eigenvalue weighted by molar-refractivity contribution is 5.95. The predicted octanol–water partition coefficient (Wildman–Crippen LogP) is 2.16. The number of carboxylic acid groups (broad SMARTS) is 1. The molecule has 0 radical (unpaired) electrons. The number of halogens is 1. The Balaban J connectivity index is 2.21. The van der Waals surface area contributed by atoms with Crippen LogP contribution in [0.4, 0.5) is 4.39 Å². The van der Waals surface area contributed by atoms with Crippen molar-refractivity contribution in [2.75, 3.05) is 0 Å². The Labute approximate surface area is 132 Å². The van der Waals surface area contributed by atoms with Crippen molar-refractivity contribution in [3.05, 3.63) is 47.5 Å². The van der Waals surface area contributed by atoms with Gasteiger partial charge in [0.05, 0.1) is 5.69 Å². The standard InChI is InChI=1S/C16H18FN3O3/c1-9(2)14(16(22)23)18-15(21)12-6-7-20(19-12)13-5-4-11(17)8-10(13)3/h4-9,14H,1-3H3,(H,18,21)(H,22,23)/t14-/m1/s1. The lowest BCUT2D eigenvalue weighted by molar-refractivity contribution is -0.140. The number of amides is 1. The highest BCUT2D eigenvalue weighted by Crippen LogP contribution is 2.15. The lowest BCUT2D eigenvalue weighted by Crippen LogP contribution is -2.44. The van der Waals surface area contributed by atoms with Crippen LogP contribution < -0.4 is 5.32 Å².